The number of H-pyrrole nitrogens is 2. The molecule has 170 valence electrons. The lowest BCUT2D eigenvalue weighted by Crippen LogP contribution is -2.03. The molecule has 1 aromatic carbocycles. The van der Waals surface area contributed by atoms with Crippen LogP contribution in [0, 0.1) is 12.7 Å². The molecular weight excluding hydrogens is 427 g/mol. The Hall–Kier alpha value is -4.52. The molecule has 0 saturated heterocycles. The number of nitrogens with two attached hydrogens (primary N) is 1. The van der Waals surface area contributed by atoms with Crippen LogP contribution in [0.4, 0.5) is 4.39 Å². The number of halogens is 1. The van der Waals surface area contributed by atoms with Gasteiger partial charge in [0, 0.05) is 28.7 Å². The average Bonchev–Trinajstić information content (AvgIpc) is 3.44. The lowest BCUT2D eigenvalue weighted by atomic mass is 10.0. The summed E-state index contributed by atoms with van der Waals surface area (Å²) in [5.74, 6) is -0.303. The molecule has 6 nitrogen and oxygen atoms in total. The van der Waals surface area contributed by atoms with E-state index in [1.54, 1.807) is 18.2 Å². The van der Waals surface area contributed by atoms with E-state index in [0.29, 0.717) is 17.1 Å². The first-order chi connectivity index (χ1) is 16.4. The minimum atomic E-state index is -0.303. The average molecular weight is 453 g/mol. The SMILES string of the molecule is C=CN=C(c1ccc(F)cc1)c1cc(-c2n[nH]c3ccc(C(/C=C(/N)C=C)=C/C)nc23)[nH]c1C. The van der Waals surface area contributed by atoms with Gasteiger partial charge in [-0.05, 0) is 74.0 Å². The van der Waals surface area contributed by atoms with Crippen molar-refractivity contribution in [3.8, 4) is 11.4 Å². The summed E-state index contributed by atoms with van der Waals surface area (Å²) >= 11 is 0. The Morgan fingerprint density at radius 1 is 1.15 bits per heavy atom. The smallest absolute Gasteiger partial charge is 0.135 e. The molecular formula is C27H25FN6. The topological polar surface area (TPSA) is 95.7 Å². The highest BCUT2D eigenvalue weighted by Crippen LogP contribution is 2.29. The fraction of sp³-hybridized carbons (Fsp3) is 0.0741. The van der Waals surface area contributed by atoms with Crippen LogP contribution in [0.1, 0.15) is 29.4 Å². The Labute approximate surface area is 197 Å². The normalized spacial score (nSPS) is 12.9. The van der Waals surface area contributed by atoms with E-state index in [1.807, 2.05) is 44.2 Å². The number of rotatable bonds is 7. The summed E-state index contributed by atoms with van der Waals surface area (Å²) in [5, 5.41) is 7.56. The molecule has 0 fully saturated rings. The van der Waals surface area contributed by atoms with E-state index in [-0.39, 0.29) is 5.82 Å². The molecule has 3 aromatic heterocycles. The molecule has 0 radical (unpaired) electrons. The summed E-state index contributed by atoms with van der Waals surface area (Å²) in [6.45, 7) is 11.3. The van der Waals surface area contributed by atoms with Crippen molar-refractivity contribution in [2.75, 3.05) is 0 Å². The van der Waals surface area contributed by atoms with Crippen molar-refractivity contribution >= 4 is 22.3 Å². The molecule has 4 N–H and O–H groups in total. The van der Waals surface area contributed by atoms with Gasteiger partial charge >= 0.3 is 0 Å². The number of allylic oxidation sites excluding steroid dienone is 4. The van der Waals surface area contributed by atoms with E-state index >= 15 is 0 Å². The molecule has 3 heterocycles. The van der Waals surface area contributed by atoms with Gasteiger partial charge < -0.3 is 10.7 Å². The van der Waals surface area contributed by atoms with Gasteiger partial charge in [-0.25, -0.2) is 9.37 Å². The largest absolute Gasteiger partial charge is 0.399 e. The van der Waals surface area contributed by atoms with Gasteiger partial charge in [0.15, 0.2) is 0 Å². The van der Waals surface area contributed by atoms with Gasteiger partial charge in [-0.3, -0.25) is 10.1 Å². The van der Waals surface area contributed by atoms with Gasteiger partial charge in [-0.2, -0.15) is 5.10 Å². The minimum Gasteiger partial charge on any atom is -0.399 e. The van der Waals surface area contributed by atoms with Crippen molar-refractivity contribution in [3.63, 3.8) is 0 Å². The van der Waals surface area contributed by atoms with Crippen LogP contribution in [-0.4, -0.2) is 25.9 Å². The molecule has 0 aliphatic carbocycles. The molecule has 0 atom stereocenters. The third kappa shape index (κ3) is 4.36. The van der Waals surface area contributed by atoms with Gasteiger partial charge in [0.2, 0.25) is 0 Å². The summed E-state index contributed by atoms with van der Waals surface area (Å²) in [5.41, 5.74) is 14.4. The number of aliphatic imine (C=N–C) groups is 1. The number of aromatic nitrogens is 4. The number of hydrogen-bond donors (Lipinski definition) is 3. The molecule has 0 aliphatic heterocycles. The molecule has 4 aromatic rings. The van der Waals surface area contributed by atoms with E-state index < -0.39 is 0 Å². The summed E-state index contributed by atoms with van der Waals surface area (Å²) in [6.07, 6.45) is 6.85. The standard InChI is InChI=1S/C27H25FN6/c1-5-17(14-20(29)6-2)22-12-13-23-26(32-22)27(34-33-23)24-15-21(16(4)31-24)25(30-7-3)18-8-10-19(28)11-9-18/h5-15,31H,2-3,29H2,1,4H3,(H,33,34)/b17-5+,20-14+,30-25?. The molecule has 0 spiro atoms. The second-order valence-electron chi connectivity index (χ2n) is 7.65. The number of fused-ring (bicyclic) bond motifs is 1. The van der Waals surface area contributed by atoms with Crippen LogP contribution in [0.2, 0.25) is 0 Å². The third-order valence-electron chi connectivity index (χ3n) is 5.44. The van der Waals surface area contributed by atoms with Crippen LogP contribution >= 0.6 is 0 Å². The molecule has 4 rings (SSSR count). The van der Waals surface area contributed by atoms with E-state index in [9.17, 15) is 4.39 Å². The summed E-state index contributed by atoms with van der Waals surface area (Å²) in [6, 6.07) is 12.0. The zero-order valence-corrected chi connectivity index (χ0v) is 19.1. The molecule has 0 unspecified atom stereocenters. The molecule has 0 amide bonds. The number of benzene rings is 1. The van der Waals surface area contributed by atoms with E-state index in [1.165, 1.54) is 18.3 Å². The van der Waals surface area contributed by atoms with Gasteiger partial charge in [0.25, 0.3) is 0 Å². The van der Waals surface area contributed by atoms with Crippen molar-refractivity contribution < 1.29 is 4.39 Å². The Kier molecular flexibility index (Phi) is 6.36. The zero-order valence-electron chi connectivity index (χ0n) is 19.1. The highest BCUT2D eigenvalue weighted by Gasteiger charge is 2.18. The maximum absolute atomic E-state index is 13.5. The number of hydrogen-bond acceptors (Lipinski definition) is 4. The first kappa shape index (κ1) is 22.7. The number of nitrogens with one attached hydrogen (secondary N) is 2. The first-order valence-corrected chi connectivity index (χ1v) is 10.7. The Morgan fingerprint density at radius 2 is 1.91 bits per heavy atom. The molecule has 0 bridgehead atoms. The number of aromatic amines is 2. The first-order valence-electron chi connectivity index (χ1n) is 10.7. The van der Waals surface area contributed by atoms with Gasteiger partial charge in [0.1, 0.15) is 17.0 Å². The molecule has 7 heteroatoms. The summed E-state index contributed by atoms with van der Waals surface area (Å²) in [7, 11) is 0. The Bertz CT molecular complexity index is 1460. The lowest BCUT2D eigenvalue weighted by molar-refractivity contribution is 0.628. The van der Waals surface area contributed by atoms with Gasteiger partial charge in [-0.1, -0.05) is 19.2 Å². The van der Waals surface area contributed by atoms with Crippen LogP contribution in [0.3, 0.4) is 0 Å². The second kappa shape index (κ2) is 9.54. The monoisotopic (exact) mass is 452 g/mol. The van der Waals surface area contributed by atoms with Crippen molar-refractivity contribution in [3.05, 3.63) is 114 Å². The van der Waals surface area contributed by atoms with E-state index in [0.717, 1.165) is 44.8 Å². The second-order valence-corrected chi connectivity index (χ2v) is 7.65. The van der Waals surface area contributed by atoms with Crippen molar-refractivity contribution in [1.82, 2.24) is 20.2 Å². The maximum Gasteiger partial charge on any atom is 0.135 e. The van der Waals surface area contributed by atoms with Crippen LogP contribution in [0.5, 0.6) is 0 Å². The van der Waals surface area contributed by atoms with E-state index in [4.69, 9.17) is 10.7 Å². The van der Waals surface area contributed by atoms with Crippen molar-refractivity contribution in [1.29, 1.82) is 0 Å². The summed E-state index contributed by atoms with van der Waals surface area (Å²) in [4.78, 5) is 12.7. The van der Waals surface area contributed by atoms with Gasteiger partial charge in [-0.15, -0.1) is 0 Å². The summed E-state index contributed by atoms with van der Waals surface area (Å²) < 4.78 is 13.5. The Morgan fingerprint density at radius 3 is 2.59 bits per heavy atom. The van der Waals surface area contributed by atoms with Crippen molar-refractivity contribution in [2.45, 2.75) is 13.8 Å². The van der Waals surface area contributed by atoms with E-state index in [2.05, 4.69) is 33.3 Å². The van der Waals surface area contributed by atoms with Crippen LogP contribution in [0.15, 0.2) is 90.7 Å². The zero-order chi connectivity index (χ0) is 24.2. The number of pyridine rings is 1. The highest BCUT2D eigenvalue weighted by atomic mass is 19.1. The van der Waals surface area contributed by atoms with Crippen LogP contribution in [-0.2, 0) is 0 Å². The van der Waals surface area contributed by atoms with Gasteiger partial charge in [0.05, 0.1) is 22.6 Å². The predicted octanol–water partition coefficient (Wildman–Crippen LogP) is 5.81. The predicted molar refractivity (Wildman–Crippen MR) is 137 cm³/mol. The molecule has 0 saturated carbocycles. The Balaban J connectivity index is 1.81. The number of aryl methyl sites for hydroxylation is 1. The van der Waals surface area contributed by atoms with Crippen LogP contribution < -0.4 is 5.73 Å². The quantitative estimate of drug-likeness (QED) is 0.244. The maximum atomic E-state index is 13.5. The lowest BCUT2D eigenvalue weighted by Gasteiger charge is -2.05. The minimum absolute atomic E-state index is 0.303. The van der Waals surface area contributed by atoms with Crippen molar-refractivity contribution in [2.24, 2.45) is 10.7 Å². The number of nitrogens with zero attached hydrogens (tertiary/aromatic N) is 3. The molecule has 34 heavy (non-hydrogen) atoms. The fourth-order valence-electron chi connectivity index (χ4n) is 3.72. The fourth-order valence-corrected chi connectivity index (χ4v) is 3.72. The van der Waals surface area contributed by atoms with Crippen LogP contribution in [0.25, 0.3) is 28.0 Å². The third-order valence-corrected chi connectivity index (χ3v) is 5.44. The molecule has 0 aliphatic rings. The highest BCUT2D eigenvalue weighted by molar-refractivity contribution is 6.14.